The lowest BCUT2D eigenvalue weighted by molar-refractivity contribution is -0.123. The van der Waals surface area contributed by atoms with Crippen molar-refractivity contribution in [2.75, 3.05) is 0 Å². The largest absolute Gasteiger partial charge is 0.507 e. The van der Waals surface area contributed by atoms with E-state index in [1.54, 1.807) is 24.3 Å². The number of carbonyl (C=O) groups is 2. The molecule has 5 nitrogen and oxygen atoms in total. The number of nitrogens with one attached hydrogen (secondary N) is 1. The number of aryl methyl sites for hydroxylation is 1. The summed E-state index contributed by atoms with van der Waals surface area (Å²) in [5.74, 6) is -0.176. The van der Waals surface area contributed by atoms with E-state index in [1.165, 1.54) is 4.90 Å². The third-order valence-corrected chi connectivity index (χ3v) is 4.53. The number of amides is 3. The van der Waals surface area contributed by atoms with Crippen molar-refractivity contribution in [3.8, 4) is 5.75 Å². The second-order valence-electron chi connectivity index (χ2n) is 5.58. The van der Waals surface area contributed by atoms with Crippen LogP contribution in [0.2, 0.25) is 0 Å². The van der Waals surface area contributed by atoms with Gasteiger partial charge in [-0.1, -0.05) is 35.9 Å². The van der Waals surface area contributed by atoms with Gasteiger partial charge in [0, 0.05) is 0 Å². The highest BCUT2D eigenvalue weighted by atomic mass is 127. The van der Waals surface area contributed by atoms with E-state index < -0.39 is 6.03 Å². The number of phenols is 1. The van der Waals surface area contributed by atoms with Gasteiger partial charge in [-0.15, -0.1) is 0 Å². The number of urea groups is 1. The van der Waals surface area contributed by atoms with Crippen LogP contribution in [0.5, 0.6) is 5.75 Å². The van der Waals surface area contributed by atoms with Gasteiger partial charge in [0.25, 0.3) is 5.91 Å². The zero-order valence-corrected chi connectivity index (χ0v) is 15.1. The number of imide groups is 1. The summed E-state index contributed by atoms with van der Waals surface area (Å²) in [5, 5.41) is 12.2. The summed E-state index contributed by atoms with van der Waals surface area (Å²) >= 11 is 2.01. The van der Waals surface area contributed by atoms with Crippen molar-refractivity contribution >= 4 is 40.6 Å². The Bertz CT molecular complexity index is 861. The first-order chi connectivity index (χ1) is 11.4. The van der Waals surface area contributed by atoms with Crippen LogP contribution in [0, 0.1) is 10.5 Å². The van der Waals surface area contributed by atoms with E-state index in [1.807, 2.05) is 53.8 Å². The molecular weight excluding hydrogens is 419 g/mol. The van der Waals surface area contributed by atoms with Crippen LogP contribution in [0.3, 0.4) is 0 Å². The molecule has 24 heavy (non-hydrogen) atoms. The average Bonchev–Trinajstić information content (AvgIpc) is 2.79. The minimum atomic E-state index is -0.429. The topological polar surface area (TPSA) is 69.6 Å². The van der Waals surface area contributed by atoms with Gasteiger partial charge in [-0.05, 0) is 58.9 Å². The molecule has 1 aliphatic heterocycles. The van der Waals surface area contributed by atoms with Gasteiger partial charge < -0.3 is 10.4 Å². The maximum Gasteiger partial charge on any atom is 0.329 e. The molecule has 0 aliphatic carbocycles. The molecule has 0 unspecified atom stereocenters. The van der Waals surface area contributed by atoms with Crippen LogP contribution in [0.4, 0.5) is 4.79 Å². The van der Waals surface area contributed by atoms with E-state index in [9.17, 15) is 14.7 Å². The summed E-state index contributed by atoms with van der Waals surface area (Å²) in [4.78, 5) is 25.8. The van der Waals surface area contributed by atoms with Crippen molar-refractivity contribution in [2.24, 2.45) is 0 Å². The Labute approximate surface area is 153 Å². The molecule has 0 radical (unpaired) electrons. The predicted molar refractivity (Wildman–Crippen MR) is 99.1 cm³/mol. The van der Waals surface area contributed by atoms with Gasteiger partial charge in [-0.2, -0.15) is 0 Å². The molecule has 0 atom stereocenters. The van der Waals surface area contributed by atoms with E-state index in [2.05, 4.69) is 5.32 Å². The minimum Gasteiger partial charge on any atom is -0.507 e. The lowest BCUT2D eigenvalue weighted by Gasteiger charge is -2.12. The van der Waals surface area contributed by atoms with Crippen LogP contribution in [-0.4, -0.2) is 21.9 Å². The summed E-state index contributed by atoms with van der Waals surface area (Å²) in [5.41, 5.74) is 2.94. The van der Waals surface area contributed by atoms with Gasteiger partial charge in [0.1, 0.15) is 11.4 Å². The van der Waals surface area contributed by atoms with Crippen LogP contribution >= 0.6 is 22.6 Å². The van der Waals surface area contributed by atoms with E-state index in [-0.39, 0.29) is 23.9 Å². The number of halogens is 1. The first kappa shape index (κ1) is 16.5. The summed E-state index contributed by atoms with van der Waals surface area (Å²) in [6.07, 6.45) is 1.61. The third-order valence-electron chi connectivity index (χ3n) is 3.67. The molecule has 0 bridgehead atoms. The molecule has 2 aromatic rings. The van der Waals surface area contributed by atoms with Crippen molar-refractivity contribution in [1.82, 2.24) is 10.2 Å². The fourth-order valence-corrected chi connectivity index (χ4v) is 3.03. The number of hydrogen-bond acceptors (Lipinski definition) is 3. The van der Waals surface area contributed by atoms with Crippen molar-refractivity contribution in [3.05, 3.63) is 68.4 Å². The molecule has 1 aliphatic rings. The normalized spacial score (nSPS) is 15.9. The minimum absolute atomic E-state index is 0.181. The highest BCUT2D eigenvalue weighted by molar-refractivity contribution is 14.1. The van der Waals surface area contributed by atoms with E-state index >= 15 is 0 Å². The molecule has 0 saturated carbocycles. The number of carbonyl (C=O) groups excluding carboxylic acids is 2. The fourth-order valence-electron chi connectivity index (χ4n) is 2.49. The van der Waals surface area contributed by atoms with Gasteiger partial charge >= 0.3 is 6.03 Å². The van der Waals surface area contributed by atoms with Crippen molar-refractivity contribution in [3.63, 3.8) is 0 Å². The quantitative estimate of drug-likeness (QED) is 0.442. The molecule has 1 saturated heterocycles. The maximum absolute atomic E-state index is 12.5. The molecule has 0 aromatic heterocycles. The molecule has 0 spiro atoms. The second kappa shape index (κ2) is 6.64. The summed E-state index contributed by atoms with van der Waals surface area (Å²) in [6.45, 7) is 2.20. The molecule has 2 aromatic carbocycles. The molecule has 3 amide bonds. The number of rotatable bonds is 3. The van der Waals surface area contributed by atoms with Crippen LogP contribution in [0.25, 0.3) is 6.08 Å². The average molecular weight is 434 g/mol. The van der Waals surface area contributed by atoms with Crippen LogP contribution in [0.15, 0.2) is 48.2 Å². The summed E-state index contributed by atoms with van der Waals surface area (Å²) in [6, 6.07) is 12.3. The molecular formula is C18H15IN2O3. The Morgan fingerprint density at radius 3 is 2.71 bits per heavy atom. The Hall–Kier alpha value is -2.35. The Kier molecular flexibility index (Phi) is 4.57. The number of hydrogen-bond donors (Lipinski definition) is 2. The maximum atomic E-state index is 12.5. The van der Waals surface area contributed by atoms with Gasteiger partial charge in [0.05, 0.1) is 10.1 Å². The second-order valence-corrected chi connectivity index (χ2v) is 6.74. The van der Waals surface area contributed by atoms with Gasteiger partial charge in [0.15, 0.2) is 0 Å². The van der Waals surface area contributed by atoms with Crippen LogP contribution in [0.1, 0.15) is 16.7 Å². The molecule has 3 rings (SSSR count). The zero-order chi connectivity index (χ0) is 17.3. The van der Waals surface area contributed by atoms with Crippen molar-refractivity contribution in [1.29, 1.82) is 0 Å². The summed E-state index contributed by atoms with van der Waals surface area (Å²) in [7, 11) is 0. The Morgan fingerprint density at radius 2 is 2.00 bits per heavy atom. The van der Waals surface area contributed by atoms with E-state index in [0.29, 0.717) is 3.57 Å². The van der Waals surface area contributed by atoms with Crippen molar-refractivity contribution in [2.45, 2.75) is 13.5 Å². The monoisotopic (exact) mass is 434 g/mol. The lowest BCUT2D eigenvalue weighted by atomic mass is 10.1. The van der Waals surface area contributed by atoms with Crippen LogP contribution in [-0.2, 0) is 11.3 Å². The van der Waals surface area contributed by atoms with E-state index in [0.717, 1.165) is 16.7 Å². The number of benzene rings is 2. The Morgan fingerprint density at radius 1 is 1.21 bits per heavy atom. The first-order valence-electron chi connectivity index (χ1n) is 7.32. The smallest absolute Gasteiger partial charge is 0.329 e. The highest BCUT2D eigenvalue weighted by Gasteiger charge is 2.33. The molecule has 1 fully saturated rings. The number of aromatic hydroxyl groups is 1. The lowest BCUT2D eigenvalue weighted by Crippen LogP contribution is -2.30. The van der Waals surface area contributed by atoms with Gasteiger partial charge in [0.2, 0.25) is 0 Å². The predicted octanol–water partition coefficient (Wildman–Crippen LogP) is 3.40. The SMILES string of the molecule is Cc1cccc(CN2C(=O)N/C(=C/c3ccc(O)c(I)c3)C2=O)c1. The molecule has 6 heteroatoms. The molecule has 122 valence electrons. The molecule has 2 N–H and O–H groups in total. The number of phenolic OH excluding ortho intramolecular Hbond substituents is 1. The third kappa shape index (κ3) is 3.43. The van der Waals surface area contributed by atoms with Gasteiger partial charge in [-0.25, -0.2) is 4.79 Å². The van der Waals surface area contributed by atoms with Gasteiger partial charge in [-0.3, -0.25) is 9.69 Å². The van der Waals surface area contributed by atoms with Crippen LogP contribution < -0.4 is 5.32 Å². The first-order valence-corrected chi connectivity index (χ1v) is 8.40. The zero-order valence-electron chi connectivity index (χ0n) is 12.9. The Balaban J connectivity index is 1.83. The fraction of sp³-hybridized carbons (Fsp3) is 0.111. The van der Waals surface area contributed by atoms with E-state index in [4.69, 9.17) is 0 Å². The number of nitrogens with zero attached hydrogens (tertiary/aromatic N) is 1. The molecule has 1 heterocycles. The van der Waals surface area contributed by atoms with Crippen molar-refractivity contribution < 1.29 is 14.7 Å². The summed E-state index contributed by atoms with van der Waals surface area (Å²) < 4.78 is 0.676. The highest BCUT2D eigenvalue weighted by Crippen LogP contribution is 2.23. The standard InChI is InChI=1S/C18H15IN2O3/c1-11-3-2-4-13(7-11)10-21-17(23)15(20-18(21)24)9-12-5-6-16(22)14(19)8-12/h2-9,22H,10H2,1H3,(H,20,24)/b15-9+.